The number of ether oxygens (including phenoxy) is 7. The van der Waals surface area contributed by atoms with Crippen LogP contribution in [0.25, 0.3) is 22.3 Å². The van der Waals surface area contributed by atoms with Gasteiger partial charge >= 0.3 is 17.9 Å². The number of aromatic nitrogens is 2. The molecule has 1 fully saturated rings. The lowest BCUT2D eigenvalue weighted by Gasteiger charge is -2.40. The van der Waals surface area contributed by atoms with Crippen molar-refractivity contribution in [2.75, 3.05) is 25.3 Å². The number of nitrogens with one attached hydrogen (secondary N) is 3. The number of nitrogens with two attached hydrogens (primary N) is 1. The van der Waals surface area contributed by atoms with Crippen LogP contribution in [0.3, 0.4) is 0 Å². The smallest absolute Gasteiger partial charge is 0.355 e. The molecule has 0 bridgehead atoms. The number of hydrogen-bond donors (Lipinski definition) is 7. The zero-order chi connectivity index (χ0) is 47.7. The Balaban J connectivity index is 0.00000684. The largest absolute Gasteiger partial charge is 0.480 e. The molecule has 0 spiro atoms. The van der Waals surface area contributed by atoms with Crippen LogP contribution in [0.15, 0.2) is 53.3 Å². The molecule has 4 aliphatic heterocycles. The molecule has 6 unspecified atom stereocenters. The molecule has 8 atom stereocenters. The number of cyclic esters (lactones) is 1. The number of aliphatic carboxylic acids is 1. The van der Waals surface area contributed by atoms with Crippen molar-refractivity contribution < 1.29 is 67.7 Å². The number of rotatable bonds is 16. The Kier molecular flexibility index (Phi) is 15.1. The van der Waals surface area contributed by atoms with Gasteiger partial charge in [-0.15, -0.1) is 12.4 Å². The predicted molar refractivity (Wildman–Crippen MR) is 246 cm³/mol. The number of unbranched alkanes of at least 4 members (excludes halogenated alkanes) is 1. The normalized spacial score (nSPS) is 22.9. The summed E-state index contributed by atoms with van der Waals surface area (Å²) in [6.45, 7) is 4.19. The first-order valence-electron chi connectivity index (χ1n) is 21.7. The lowest BCUT2D eigenvalue weighted by atomic mass is 9.85. The Morgan fingerprint density at radius 1 is 1.03 bits per heavy atom. The van der Waals surface area contributed by atoms with E-state index in [-0.39, 0.29) is 67.2 Å². The number of carbonyl (C=O) groups is 4. The maximum Gasteiger partial charge on any atom is 0.355 e. The first-order chi connectivity index (χ1) is 32.1. The number of anilines is 1. The minimum absolute atomic E-state index is 0. The fourth-order valence-corrected chi connectivity index (χ4v) is 8.72. The Morgan fingerprint density at radius 2 is 1.76 bits per heavy atom. The van der Waals surface area contributed by atoms with Gasteiger partial charge in [-0.25, -0.2) is 19.4 Å². The number of esters is 2. The molecule has 68 heavy (non-hydrogen) atoms. The van der Waals surface area contributed by atoms with Crippen molar-refractivity contribution in [3.8, 4) is 28.6 Å². The van der Waals surface area contributed by atoms with Gasteiger partial charge in [0.05, 0.1) is 35.1 Å². The lowest BCUT2D eigenvalue weighted by molar-refractivity contribution is -0.276. The van der Waals surface area contributed by atoms with E-state index in [1.807, 2.05) is 12.1 Å². The van der Waals surface area contributed by atoms with Crippen LogP contribution in [0.1, 0.15) is 63.1 Å². The van der Waals surface area contributed by atoms with Crippen LogP contribution in [0.4, 0.5) is 5.69 Å². The van der Waals surface area contributed by atoms with E-state index in [0.717, 1.165) is 10.9 Å². The van der Waals surface area contributed by atoms with Crippen molar-refractivity contribution >= 4 is 70.1 Å². The van der Waals surface area contributed by atoms with E-state index in [4.69, 9.17) is 61.2 Å². The summed E-state index contributed by atoms with van der Waals surface area (Å²) < 4.78 is 40.7. The van der Waals surface area contributed by atoms with Crippen LogP contribution in [0, 0.1) is 0 Å². The second-order valence-electron chi connectivity index (χ2n) is 16.6. The van der Waals surface area contributed by atoms with Gasteiger partial charge in [-0.2, -0.15) is 0 Å². The molecule has 2 aromatic carbocycles. The standard InChI is InChI=1S/C45H50N6O15S.ClH/c1-4-45(28-15-31-35-24(17-51(31)40(57)27(28)18-61-43(45)59)13-23-14-32-33(63-20-62-32)16-30(23)49-35)66-41(58)21(2)47-39(56)29(7-5-6-12-46)50-44(67)48-25-8-10-26(11-9-25)65-42-37(55)38(60-19-34(52)53)36(54)22(3)64-42;/h8-11,13-16,21-22,29,36-38,42,54-55H,4-7,12,17-20,46H2,1-3H3,(H,47,56)(H,52,53)(H2,48,50,67);1H/t21?,22?,29-,36?,37?,38?,42?,45-;/m0./s1. The SMILES string of the molecule is CC[C@@]1(OC(=O)C(C)NC(=O)[C@H](CCCCN)NC(=S)Nc2ccc(OC3OC(C)C(O)C(OCC(=O)O)C3O)cc2)C(=O)OCc2c1cc1n(c2=O)Cc2cc3cc4c(cc3nc2-1)OCO4.Cl. The molecular formula is C45H51ClN6O15S. The number of aliphatic hydroxyl groups excluding tert-OH is 2. The third-order valence-electron chi connectivity index (χ3n) is 12.1. The Labute approximate surface area is 399 Å². The fourth-order valence-electron chi connectivity index (χ4n) is 8.46. The molecule has 4 aliphatic rings. The summed E-state index contributed by atoms with van der Waals surface area (Å²) >= 11 is 5.56. The van der Waals surface area contributed by atoms with Crippen LogP contribution in [0.2, 0.25) is 0 Å². The number of hydrogen-bond acceptors (Lipinski definition) is 17. The molecule has 364 valence electrons. The summed E-state index contributed by atoms with van der Waals surface area (Å²) in [7, 11) is 0. The predicted octanol–water partition coefficient (Wildman–Crippen LogP) is 2.09. The van der Waals surface area contributed by atoms with Crippen LogP contribution >= 0.6 is 24.6 Å². The van der Waals surface area contributed by atoms with Crippen molar-refractivity contribution in [2.24, 2.45) is 5.73 Å². The van der Waals surface area contributed by atoms with Gasteiger partial charge < -0.3 is 74.7 Å². The van der Waals surface area contributed by atoms with Crippen LogP contribution < -0.4 is 41.5 Å². The van der Waals surface area contributed by atoms with Gasteiger partial charge in [-0.1, -0.05) is 6.92 Å². The van der Waals surface area contributed by atoms with E-state index in [1.165, 1.54) is 13.8 Å². The molecule has 1 amide bonds. The Hall–Kier alpha value is -6.14. The molecule has 8 N–H and O–H groups in total. The number of carbonyl (C=O) groups excluding carboxylic acids is 3. The highest BCUT2D eigenvalue weighted by Gasteiger charge is 2.51. The van der Waals surface area contributed by atoms with Crippen molar-refractivity contribution in [3.63, 3.8) is 0 Å². The molecule has 21 nitrogen and oxygen atoms in total. The fraction of sp³-hybridized carbons (Fsp3) is 0.444. The average Bonchev–Trinajstić information content (AvgIpc) is 3.91. The van der Waals surface area contributed by atoms with Gasteiger partial charge in [0, 0.05) is 28.3 Å². The maximum absolute atomic E-state index is 14.1. The van der Waals surface area contributed by atoms with Gasteiger partial charge in [0.2, 0.25) is 24.6 Å². The quantitative estimate of drug-likeness (QED) is 0.0423. The summed E-state index contributed by atoms with van der Waals surface area (Å²) in [6.07, 6.45) is -4.91. The van der Waals surface area contributed by atoms with Gasteiger partial charge in [0.15, 0.2) is 16.6 Å². The average molecular weight is 983 g/mol. The summed E-state index contributed by atoms with van der Waals surface area (Å²) in [5.74, 6) is -2.30. The topological polar surface area (TPSA) is 291 Å². The van der Waals surface area contributed by atoms with Crippen LogP contribution in [-0.4, -0.2) is 117 Å². The number of amides is 1. The summed E-state index contributed by atoms with van der Waals surface area (Å²) in [5, 5.41) is 39.6. The second-order valence-corrected chi connectivity index (χ2v) is 17.0. The molecule has 0 radical (unpaired) electrons. The highest BCUT2D eigenvalue weighted by Crippen LogP contribution is 2.43. The van der Waals surface area contributed by atoms with Crippen molar-refractivity contribution in [2.45, 2.75) is 108 Å². The van der Waals surface area contributed by atoms with Gasteiger partial charge in [-0.05, 0) is 101 Å². The second kappa shape index (κ2) is 20.6. The molecule has 6 heterocycles. The van der Waals surface area contributed by atoms with E-state index in [9.17, 15) is 34.2 Å². The van der Waals surface area contributed by atoms with E-state index < -0.39 is 84.4 Å². The number of aliphatic hydroxyl groups is 2. The minimum atomic E-state index is -2.02. The molecule has 23 heteroatoms. The van der Waals surface area contributed by atoms with E-state index in [0.29, 0.717) is 53.5 Å². The number of pyridine rings is 2. The third kappa shape index (κ3) is 9.88. The number of halogens is 1. The van der Waals surface area contributed by atoms with Crippen molar-refractivity contribution in [1.82, 2.24) is 20.2 Å². The lowest BCUT2D eigenvalue weighted by Crippen LogP contribution is -2.59. The molecular weight excluding hydrogens is 932 g/mol. The van der Waals surface area contributed by atoms with Crippen molar-refractivity contribution in [1.29, 1.82) is 0 Å². The minimum Gasteiger partial charge on any atom is -0.480 e. The number of benzene rings is 2. The molecule has 1 saturated heterocycles. The molecule has 0 aliphatic carbocycles. The first-order valence-corrected chi connectivity index (χ1v) is 22.1. The monoisotopic (exact) mass is 982 g/mol. The van der Waals surface area contributed by atoms with Crippen LogP contribution in [-0.2, 0) is 56.9 Å². The Morgan fingerprint density at radius 3 is 2.47 bits per heavy atom. The molecule has 2 aromatic heterocycles. The molecule has 4 aromatic rings. The third-order valence-corrected chi connectivity index (χ3v) is 12.3. The summed E-state index contributed by atoms with van der Waals surface area (Å²) in [6, 6.07) is 11.2. The number of fused-ring (bicyclic) bond motifs is 6. The zero-order valence-electron chi connectivity index (χ0n) is 37.1. The summed E-state index contributed by atoms with van der Waals surface area (Å²) in [5.41, 5.74) is 6.47. The summed E-state index contributed by atoms with van der Waals surface area (Å²) in [4.78, 5) is 71.5. The van der Waals surface area contributed by atoms with Gasteiger partial charge in [0.25, 0.3) is 5.56 Å². The number of carboxylic acid groups (broad SMARTS) is 1. The first kappa shape index (κ1) is 49.8. The zero-order valence-corrected chi connectivity index (χ0v) is 38.7. The number of carboxylic acids is 1. The number of thiocarbonyl (C=S) groups is 1. The highest BCUT2D eigenvalue weighted by atomic mass is 35.5. The van der Waals surface area contributed by atoms with Gasteiger partial charge in [-0.3, -0.25) is 9.59 Å². The Bertz CT molecular complexity index is 2670. The van der Waals surface area contributed by atoms with Crippen LogP contribution in [0.5, 0.6) is 17.2 Å². The maximum atomic E-state index is 14.1. The molecule has 8 rings (SSSR count). The molecule has 0 saturated carbocycles. The highest BCUT2D eigenvalue weighted by molar-refractivity contribution is 7.80. The van der Waals surface area contributed by atoms with Gasteiger partial charge in [0.1, 0.15) is 49.4 Å². The van der Waals surface area contributed by atoms with Crippen molar-refractivity contribution in [3.05, 3.63) is 75.6 Å². The van der Waals surface area contributed by atoms with E-state index >= 15 is 0 Å². The van der Waals surface area contributed by atoms with E-state index in [1.54, 1.807) is 47.9 Å². The number of nitrogens with zero attached hydrogens (tertiary/aromatic N) is 2. The van der Waals surface area contributed by atoms with E-state index in [2.05, 4.69) is 16.0 Å².